The Balaban J connectivity index is 1.39. The highest BCUT2D eigenvalue weighted by atomic mass is 16.6. The highest BCUT2D eigenvalue weighted by Crippen LogP contribution is 2.27. The third kappa shape index (κ3) is 4.82. The van der Waals surface area contributed by atoms with E-state index in [-0.39, 0.29) is 19.0 Å². The Labute approximate surface area is 178 Å². The molecule has 31 heavy (non-hydrogen) atoms. The number of rotatable bonds is 5. The quantitative estimate of drug-likeness (QED) is 0.423. The Kier molecular flexibility index (Phi) is 5.33. The lowest BCUT2D eigenvalue weighted by atomic mass is 10.0. The number of amides is 2. The van der Waals surface area contributed by atoms with Crippen molar-refractivity contribution in [1.29, 1.82) is 0 Å². The number of fused-ring (bicyclic) bond motifs is 2. The molecule has 0 spiro atoms. The van der Waals surface area contributed by atoms with E-state index in [1.165, 1.54) is 0 Å². The fourth-order valence-electron chi connectivity index (χ4n) is 3.15. The SMILES string of the molecule is CC(C)(C)OC(=O)NCCNC(=O)c1cc2cc(-c3ccc4nonc4c3)ccc2[nH]1. The van der Waals surface area contributed by atoms with Crippen molar-refractivity contribution in [2.75, 3.05) is 13.1 Å². The maximum Gasteiger partial charge on any atom is 0.407 e. The van der Waals surface area contributed by atoms with Crippen LogP contribution in [0, 0.1) is 0 Å². The van der Waals surface area contributed by atoms with E-state index in [1.807, 2.05) is 36.4 Å². The summed E-state index contributed by atoms with van der Waals surface area (Å²) in [6.45, 7) is 5.92. The number of aromatic nitrogens is 3. The lowest BCUT2D eigenvalue weighted by Crippen LogP contribution is -2.37. The number of benzene rings is 2. The average molecular weight is 421 g/mol. The fourth-order valence-corrected chi connectivity index (χ4v) is 3.15. The highest BCUT2D eigenvalue weighted by Gasteiger charge is 2.16. The van der Waals surface area contributed by atoms with Gasteiger partial charge in [-0.05, 0) is 72.5 Å². The molecule has 2 heterocycles. The van der Waals surface area contributed by atoms with Gasteiger partial charge >= 0.3 is 6.09 Å². The van der Waals surface area contributed by atoms with Crippen molar-refractivity contribution < 1.29 is 19.0 Å². The van der Waals surface area contributed by atoms with E-state index in [1.54, 1.807) is 26.8 Å². The zero-order valence-corrected chi connectivity index (χ0v) is 17.5. The molecule has 0 atom stereocenters. The predicted molar refractivity (Wildman–Crippen MR) is 116 cm³/mol. The molecule has 3 N–H and O–H groups in total. The zero-order chi connectivity index (χ0) is 22.0. The molecule has 0 bridgehead atoms. The number of ether oxygens (including phenoxy) is 1. The third-order valence-electron chi connectivity index (χ3n) is 4.53. The van der Waals surface area contributed by atoms with Gasteiger partial charge in [0.25, 0.3) is 5.91 Å². The number of nitrogens with zero attached hydrogens (tertiary/aromatic N) is 2. The smallest absolute Gasteiger partial charge is 0.407 e. The van der Waals surface area contributed by atoms with E-state index in [9.17, 15) is 9.59 Å². The molecule has 9 nitrogen and oxygen atoms in total. The van der Waals surface area contributed by atoms with Gasteiger partial charge in [0.2, 0.25) is 0 Å². The van der Waals surface area contributed by atoms with Crippen molar-refractivity contribution in [2.45, 2.75) is 26.4 Å². The molecule has 4 aromatic rings. The molecule has 2 amide bonds. The number of carbonyl (C=O) groups excluding carboxylic acids is 2. The Morgan fingerprint density at radius 2 is 1.68 bits per heavy atom. The van der Waals surface area contributed by atoms with Crippen LogP contribution in [0.4, 0.5) is 4.79 Å². The molecular formula is C22H23N5O4. The topological polar surface area (TPSA) is 122 Å². The predicted octanol–water partition coefficient (Wildman–Crippen LogP) is 3.63. The van der Waals surface area contributed by atoms with Crippen LogP contribution in [0.1, 0.15) is 31.3 Å². The fraction of sp³-hybridized carbons (Fsp3) is 0.273. The van der Waals surface area contributed by atoms with Gasteiger partial charge < -0.3 is 20.4 Å². The van der Waals surface area contributed by atoms with Crippen LogP contribution in [0.3, 0.4) is 0 Å². The second kappa shape index (κ2) is 8.10. The summed E-state index contributed by atoms with van der Waals surface area (Å²) in [6.07, 6.45) is -0.514. The van der Waals surface area contributed by atoms with E-state index in [4.69, 9.17) is 9.37 Å². The first-order valence-electron chi connectivity index (χ1n) is 9.89. The second-order valence-corrected chi connectivity index (χ2v) is 8.14. The van der Waals surface area contributed by atoms with Gasteiger partial charge in [0.05, 0.1) is 0 Å². The van der Waals surface area contributed by atoms with Crippen molar-refractivity contribution >= 4 is 33.9 Å². The molecule has 0 unspecified atom stereocenters. The number of hydrogen-bond acceptors (Lipinski definition) is 6. The normalized spacial score (nSPS) is 11.6. The maximum absolute atomic E-state index is 12.4. The lowest BCUT2D eigenvalue weighted by molar-refractivity contribution is 0.0526. The van der Waals surface area contributed by atoms with Gasteiger partial charge in [0.1, 0.15) is 22.3 Å². The van der Waals surface area contributed by atoms with Crippen LogP contribution in [0.25, 0.3) is 33.1 Å². The average Bonchev–Trinajstić information content (AvgIpc) is 3.35. The van der Waals surface area contributed by atoms with E-state index < -0.39 is 11.7 Å². The van der Waals surface area contributed by atoms with Gasteiger partial charge in [-0.1, -0.05) is 12.1 Å². The minimum atomic E-state index is -0.561. The molecule has 0 radical (unpaired) electrons. The van der Waals surface area contributed by atoms with Crippen molar-refractivity contribution in [3.05, 3.63) is 48.2 Å². The number of nitrogens with one attached hydrogen (secondary N) is 3. The first-order chi connectivity index (χ1) is 14.8. The molecule has 0 saturated carbocycles. The largest absolute Gasteiger partial charge is 0.444 e. The van der Waals surface area contributed by atoms with E-state index >= 15 is 0 Å². The number of H-pyrrole nitrogens is 1. The van der Waals surface area contributed by atoms with Crippen LogP contribution in [-0.2, 0) is 4.74 Å². The first-order valence-corrected chi connectivity index (χ1v) is 9.89. The Bertz CT molecular complexity index is 1250. The zero-order valence-electron chi connectivity index (χ0n) is 17.5. The minimum absolute atomic E-state index is 0.251. The summed E-state index contributed by atoms with van der Waals surface area (Å²) < 4.78 is 9.91. The van der Waals surface area contributed by atoms with Crippen LogP contribution < -0.4 is 10.6 Å². The Morgan fingerprint density at radius 1 is 0.968 bits per heavy atom. The van der Waals surface area contributed by atoms with E-state index in [2.05, 4.69) is 25.9 Å². The molecule has 4 rings (SSSR count). The number of hydrogen-bond donors (Lipinski definition) is 3. The van der Waals surface area contributed by atoms with Gasteiger partial charge in [0, 0.05) is 24.0 Å². The molecule has 0 aliphatic carbocycles. The first kappa shape index (κ1) is 20.4. The number of carbonyl (C=O) groups is 2. The van der Waals surface area contributed by atoms with Crippen molar-refractivity contribution in [1.82, 2.24) is 25.9 Å². The van der Waals surface area contributed by atoms with E-state index in [0.717, 1.165) is 22.0 Å². The lowest BCUT2D eigenvalue weighted by Gasteiger charge is -2.19. The summed E-state index contributed by atoms with van der Waals surface area (Å²) in [6, 6.07) is 13.4. The van der Waals surface area contributed by atoms with Gasteiger partial charge in [-0.25, -0.2) is 9.42 Å². The molecule has 2 aromatic carbocycles. The second-order valence-electron chi connectivity index (χ2n) is 8.14. The van der Waals surface area contributed by atoms with Crippen LogP contribution in [0.5, 0.6) is 0 Å². The molecule has 0 fully saturated rings. The monoisotopic (exact) mass is 421 g/mol. The molecular weight excluding hydrogens is 398 g/mol. The van der Waals surface area contributed by atoms with Gasteiger partial charge in [-0.3, -0.25) is 4.79 Å². The van der Waals surface area contributed by atoms with Gasteiger partial charge in [0.15, 0.2) is 0 Å². The summed E-state index contributed by atoms with van der Waals surface area (Å²) in [5.74, 6) is -0.251. The van der Waals surface area contributed by atoms with Crippen LogP contribution in [0.2, 0.25) is 0 Å². The molecule has 2 aromatic heterocycles. The molecule has 160 valence electrons. The maximum atomic E-state index is 12.4. The van der Waals surface area contributed by atoms with Crippen LogP contribution in [0.15, 0.2) is 47.1 Å². The Hall–Kier alpha value is -3.88. The standard InChI is InChI=1S/C22H23N5O4/c1-22(2,3)30-21(29)24-9-8-23-20(28)19-12-15-10-13(4-6-16(15)25-19)14-5-7-17-18(11-14)27-31-26-17/h4-7,10-12,25H,8-9H2,1-3H3,(H,23,28)(H,24,29). The van der Waals surface area contributed by atoms with Crippen LogP contribution >= 0.6 is 0 Å². The molecule has 0 aliphatic rings. The van der Waals surface area contributed by atoms with Crippen molar-refractivity contribution in [2.24, 2.45) is 0 Å². The third-order valence-corrected chi connectivity index (χ3v) is 4.53. The summed E-state index contributed by atoms with van der Waals surface area (Å²) in [7, 11) is 0. The van der Waals surface area contributed by atoms with Crippen molar-refractivity contribution in [3.63, 3.8) is 0 Å². The number of alkyl carbamates (subject to hydrolysis) is 1. The van der Waals surface area contributed by atoms with Gasteiger partial charge in [-0.2, -0.15) is 0 Å². The summed E-state index contributed by atoms with van der Waals surface area (Å²) in [5.41, 5.74) is 4.09. The summed E-state index contributed by atoms with van der Waals surface area (Å²) in [5, 5.41) is 14.0. The van der Waals surface area contributed by atoms with Gasteiger partial charge in [-0.15, -0.1) is 0 Å². The number of aromatic amines is 1. The molecule has 0 aliphatic heterocycles. The van der Waals surface area contributed by atoms with Crippen LogP contribution in [-0.4, -0.2) is 46.0 Å². The minimum Gasteiger partial charge on any atom is -0.444 e. The highest BCUT2D eigenvalue weighted by molar-refractivity contribution is 5.99. The molecule has 9 heteroatoms. The molecule has 0 saturated heterocycles. The van der Waals surface area contributed by atoms with E-state index in [0.29, 0.717) is 16.7 Å². The van der Waals surface area contributed by atoms with Crippen molar-refractivity contribution in [3.8, 4) is 11.1 Å². The Morgan fingerprint density at radius 3 is 2.48 bits per heavy atom. The summed E-state index contributed by atoms with van der Waals surface area (Å²) in [4.78, 5) is 27.2. The summed E-state index contributed by atoms with van der Waals surface area (Å²) >= 11 is 0.